The maximum atomic E-state index is 13.5. The summed E-state index contributed by atoms with van der Waals surface area (Å²) in [5.74, 6) is 1.78. The SMILES string of the molecule is COc1cccc(CN2CCC([C@@H]3C[C@H](C(F)(F)F)n4ncnc4N3)CC2)c1OC. The summed E-state index contributed by atoms with van der Waals surface area (Å²) < 4.78 is 52.4. The van der Waals surface area contributed by atoms with Gasteiger partial charge in [-0.25, -0.2) is 4.68 Å². The van der Waals surface area contributed by atoms with Crippen LogP contribution in [0.25, 0.3) is 0 Å². The van der Waals surface area contributed by atoms with Gasteiger partial charge in [-0.1, -0.05) is 12.1 Å². The normalized spacial score (nSPS) is 23.0. The minimum atomic E-state index is -4.34. The average molecular weight is 425 g/mol. The molecule has 1 fully saturated rings. The summed E-state index contributed by atoms with van der Waals surface area (Å²) in [6, 6.07) is 3.92. The number of hydrogen-bond acceptors (Lipinski definition) is 6. The van der Waals surface area contributed by atoms with Gasteiger partial charge in [0.25, 0.3) is 0 Å². The Balaban J connectivity index is 1.40. The van der Waals surface area contributed by atoms with Crippen molar-refractivity contribution in [3.63, 3.8) is 0 Å². The number of hydrogen-bond donors (Lipinski definition) is 1. The second-order valence-corrected chi connectivity index (χ2v) is 7.84. The van der Waals surface area contributed by atoms with Crippen LogP contribution in [0.1, 0.15) is 30.9 Å². The lowest BCUT2D eigenvalue weighted by atomic mass is 9.85. The number of nitrogens with one attached hydrogen (secondary N) is 1. The van der Waals surface area contributed by atoms with Crippen LogP contribution in [0, 0.1) is 5.92 Å². The number of fused-ring (bicyclic) bond motifs is 1. The van der Waals surface area contributed by atoms with Crippen molar-refractivity contribution in [2.75, 3.05) is 32.6 Å². The first kappa shape index (κ1) is 20.8. The van der Waals surface area contributed by atoms with E-state index in [0.29, 0.717) is 12.3 Å². The predicted octanol–water partition coefficient (Wildman–Crippen LogP) is 3.50. The molecule has 10 heteroatoms. The molecule has 0 bridgehead atoms. The molecule has 1 aromatic carbocycles. The lowest BCUT2D eigenvalue weighted by Crippen LogP contribution is -2.46. The van der Waals surface area contributed by atoms with Gasteiger partial charge < -0.3 is 14.8 Å². The van der Waals surface area contributed by atoms with Crippen molar-refractivity contribution in [1.29, 1.82) is 0 Å². The second kappa shape index (κ2) is 8.33. The predicted molar refractivity (Wildman–Crippen MR) is 105 cm³/mol. The number of benzene rings is 1. The molecule has 2 atom stereocenters. The number of aromatic nitrogens is 3. The van der Waals surface area contributed by atoms with Crippen LogP contribution in [0.4, 0.5) is 19.1 Å². The quantitative estimate of drug-likeness (QED) is 0.791. The van der Waals surface area contributed by atoms with Gasteiger partial charge in [0.1, 0.15) is 6.33 Å². The summed E-state index contributed by atoms with van der Waals surface area (Å²) in [4.78, 5) is 6.28. The Kier molecular flexibility index (Phi) is 5.77. The molecule has 1 N–H and O–H groups in total. The number of rotatable bonds is 5. The van der Waals surface area contributed by atoms with Crippen molar-refractivity contribution in [1.82, 2.24) is 19.7 Å². The van der Waals surface area contributed by atoms with Crippen molar-refractivity contribution in [3.05, 3.63) is 30.1 Å². The van der Waals surface area contributed by atoms with Crippen LogP contribution in [0.3, 0.4) is 0 Å². The van der Waals surface area contributed by atoms with Crippen LogP contribution in [-0.4, -0.2) is 59.2 Å². The Morgan fingerprint density at radius 2 is 1.93 bits per heavy atom. The number of para-hydroxylation sites is 1. The topological polar surface area (TPSA) is 64.4 Å². The molecule has 1 aromatic heterocycles. The molecule has 4 rings (SSSR count). The number of alkyl halides is 3. The number of anilines is 1. The third-order valence-corrected chi connectivity index (χ3v) is 6.12. The molecule has 0 amide bonds. The highest BCUT2D eigenvalue weighted by Gasteiger charge is 2.47. The lowest BCUT2D eigenvalue weighted by molar-refractivity contribution is -0.174. The Morgan fingerprint density at radius 3 is 2.60 bits per heavy atom. The van der Waals surface area contributed by atoms with Gasteiger partial charge in [-0.05, 0) is 44.3 Å². The number of piperidine rings is 1. The Morgan fingerprint density at radius 1 is 1.17 bits per heavy atom. The number of nitrogens with zero attached hydrogens (tertiary/aromatic N) is 4. The van der Waals surface area contributed by atoms with E-state index < -0.39 is 12.2 Å². The number of likely N-dealkylation sites (tertiary alicyclic amines) is 1. The molecule has 2 aliphatic heterocycles. The number of methoxy groups -OCH3 is 2. The van der Waals surface area contributed by atoms with Crippen molar-refractivity contribution in [3.8, 4) is 11.5 Å². The Hall–Kier alpha value is -2.49. The summed E-state index contributed by atoms with van der Waals surface area (Å²) in [5, 5.41) is 6.95. The summed E-state index contributed by atoms with van der Waals surface area (Å²) in [7, 11) is 3.23. The molecule has 0 unspecified atom stereocenters. The molecule has 0 saturated carbocycles. The number of ether oxygens (including phenoxy) is 2. The van der Waals surface area contributed by atoms with E-state index >= 15 is 0 Å². The lowest BCUT2D eigenvalue weighted by Gasteiger charge is -2.40. The summed E-state index contributed by atoms with van der Waals surface area (Å²) in [5.41, 5.74) is 1.04. The van der Waals surface area contributed by atoms with Crippen molar-refractivity contribution >= 4 is 5.95 Å². The van der Waals surface area contributed by atoms with E-state index in [1.54, 1.807) is 14.2 Å². The van der Waals surface area contributed by atoms with E-state index in [1.807, 2.05) is 18.2 Å². The minimum Gasteiger partial charge on any atom is -0.493 e. The zero-order valence-electron chi connectivity index (χ0n) is 17.0. The van der Waals surface area contributed by atoms with Crippen LogP contribution in [0.15, 0.2) is 24.5 Å². The van der Waals surface area contributed by atoms with Crippen molar-refractivity contribution < 1.29 is 22.6 Å². The zero-order chi connectivity index (χ0) is 21.3. The van der Waals surface area contributed by atoms with Crippen molar-refractivity contribution in [2.45, 2.75) is 44.1 Å². The van der Waals surface area contributed by atoms with E-state index in [9.17, 15) is 13.2 Å². The summed E-state index contributed by atoms with van der Waals surface area (Å²) in [6.45, 7) is 2.34. The molecule has 1 saturated heterocycles. The third-order valence-electron chi connectivity index (χ3n) is 6.12. The maximum absolute atomic E-state index is 13.5. The highest BCUT2D eigenvalue weighted by molar-refractivity contribution is 5.46. The van der Waals surface area contributed by atoms with Gasteiger partial charge in [-0.2, -0.15) is 23.3 Å². The highest BCUT2D eigenvalue weighted by atomic mass is 19.4. The molecule has 164 valence electrons. The van der Waals surface area contributed by atoms with Gasteiger partial charge in [0, 0.05) is 18.2 Å². The largest absolute Gasteiger partial charge is 0.493 e. The molecule has 0 aliphatic carbocycles. The van der Waals surface area contributed by atoms with E-state index in [2.05, 4.69) is 20.3 Å². The van der Waals surface area contributed by atoms with Gasteiger partial charge >= 0.3 is 6.18 Å². The Bertz CT molecular complexity index is 864. The summed E-state index contributed by atoms with van der Waals surface area (Å²) >= 11 is 0. The summed E-state index contributed by atoms with van der Waals surface area (Å²) in [6.07, 6.45) is -1.54. The number of halogens is 3. The van der Waals surface area contributed by atoms with Crippen molar-refractivity contribution in [2.24, 2.45) is 5.92 Å². The van der Waals surface area contributed by atoms with E-state index in [1.165, 1.54) is 6.33 Å². The average Bonchev–Trinajstić information content (AvgIpc) is 3.21. The smallest absolute Gasteiger partial charge is 0.411 e. The maximum Gasteiger partial charge on any atom is 0.411 e. The molecule has 2 aromatic rings. The monoisotopic (exact) mass is 425 g/mol. The van der Waals surface area contributed by atoms with E-state index in [-0.39, 0.29) is 24.3 Å². The zero-order valence-corrected chi connectivity index (χ0v) is 17.0. The highest BCUT2D eigenvalue weighted by Crippen LogP contribution is 2.41. The van der Waals surface area contributed by atoms with Gasteiger partial charge in [-0.15, -0.1) is 0 Å². The van der Waals surface area contributed by atoms with Crippen LogP contribution < -0.4 is 14.8 Å². The standard InChI is InChI=1S/C20H26F3N5O2/c1-29-16-5-3-4-14(18(16)30-2)11-27-8-6-13(7-9-27)15-10-17(20(21,22)23)28-19(26-15)24-12-25-28/h3-5,12-13,15,17H,6-11H2,1-2H3,(H,24,25,26)/t15-,17+/m0/s1. The fourth-order valence-electron chi connectivity index (χ4n) is 4.56. The fourth-order valence-corrected chi connectivity index (χ4v) is 4.56. The van der Waals surface area contributed by atoms with Gasteiger partial charge in [0.05, 0.1) is 14.2 Å². The first-order valence-electron chi connectivity index (χ1n) is 10.1. The fraction of sp³-hybridized carbons (Fsp3) is 0.600. The van der Waals surface area contributed by atoms with Gasteiger partial charge in [0.15, 0.2) is 17.5 Å². The van der Waals surface area contributed by atoms with Gasteiger partial charge in [-0.3, -0.25) is 4.90 Å². The molecule has 3 heterocycles. The second-order valence-electron chi connectivity index (χ2n) is 7.84. The molecular weight excluding hydrogens is 399 g/mol. The van der Waals surface area contributed by atoms with Crippen LogP contribution in [0.2, 0.25) is 0 Å². The van der Waals surface area contributed by atoms with E-state index in [4.69, 9.17) is 9.47 Å². The molecule has 2 aliphatic rings. The first-order chi connectivity index (χ1) is 14.4. The van der Waals surface area contributed by atoms with Gasteiger partial charge in [0.2, 0.25) is 5.95 Å². The Labute approximate surface area is 173 Å². The van der Waals surface area contributed by atoms with Crippen LogP contribution in [-0.2, 0) is 6.54 Å². The molecular formula is C20H26F3N5O2. The van der Waals surface area contributed by atoms with Crippen LogP contribution in [0.5, 0.6) is 11.5 Å². The first-order valence-corrected chi connectivity index (χ1v) is 10.1. The molecule has 7 nitrogen and oxygen atoms in total. The van der Waals surface area contributed by atoms with Crippen LogP contribution >= 0.6 is 0 Å². The van der Waals surface area contributed by atoms with E-state index in [0.717, 1.165) is 41.9 Å². The molecule has 30 heavy (non-hydrogen) atoms. The minimum absolute atomic E-state index is 0.0196. The molecule has 0 radical (unpaired) electrons. The third kappa shape index (κ3) is 4.05. The molecule has 0 spiro atoms.